The number of piperidine rings is 1. The zero-order valence-electron chi connectivity index (χ0n) is 18.7. The molecule has 0 amide bonds. The van der Waals surface area contributed by atoms with Crippen LogP contribution in [0.25, 0.3) is 0 Å². The number of methoxy groups -OCH3 is 1. The fraction of sp³-hybridized carbons (Fsp3) is 0.708. The first-order valence-corrected chi connectivity index (χ1v) is 11.7. The molecule has 1 atom stereocenters. The number of guanidine groups is 1. The maximum Gasteiger partial charge on any atom is 0.191 e. The van der Waals surface area contributed by atoms with Crippen molar-refractivity contribution in [2.75, 3.05) is 46.9 Å². The zero-order valence-corrected chi connectivity index (χ0v) is 18.7. The van der Waals surface area contributed by atoms with Crippen LogP contribution in [0.5, 0.6) is 5.75 Å². The third-order valence-electron chi connectivity index (χ3n) is 7.12. The van der Waals surface area contributed by atoms with E-state index in [1.165, 1.54) is 31.2 Å². The first-order valence-electron chi connectivity index (χ1n) is 11.7. The van der Waals surface area contributed by atoms with Crippen molar-refractivity contribution in [3.63, 3.8) is 0 Å². The van der Waals surface area contributed by atoms with Gasteiger partial charge in [0.25, 0.3) is 0 Å². The van der Waals surface area contributed by atoms with E-state index in [1.807, 2.05) is 7.05 Å². The van der Waals surface area contributed by atoms with E-state index in [0.29, 0.717) is 5.92 Å². The number of nitrogens with one attached hydrogen (secondary N) is 2. The monoisotopic (exact) mass is 414 g/mol. The Morgan fingerprint density at radius 3 is 2.73 bits per heavy atom. The van der Waals surface area contributed by atoms with Gasteiger partial charge in [0.1, 0.15) is 11.4 Å². The average Bonchev–Trinajstić information content (AvgIpc) is 3.23. The summed E-state index contributed by atoms with van der Waals surface area (Å²) in [5, 5.41) is 7.33. The maximum atomic E-state index is 6.51. The second-order valence-corrected chi connectivity index (χ2v) is 9.16. The van der Waals surface area contributed by atoms with Crippen molar-refractivity contribution in [1.82, 2.24) is 15.5 Å². The number of hydrogen-bond donors (Lipinski definition) is 2. The number of ether oxygens (including phenoxy) is 2. The Morgan fingerprint density at radius 1 is 1.23 bits per heavy atom. The highest BCUT2D eigenvalue weighted by Gasteiger charge is 2.43. The van der Waals surface area contributed by atoms with Crippen LogP contribution < -0.4 is 15.4 Å². The van der Waals surface area contributed by atoms with E-state index in [2.05, 4.69) is 44.8 Å². The molecule has 3 aliphatic rings. The third-order valence-corrected chi connectivity index (χ3v) is 7.12. The highest BCUT2D eigenvalue weighted by molar-refractivity contribution is 5.80. The van der Waals surface area contributed by atoms with Crippen molar-refractivity contribution in [2.24, 2.45) is 10.9 Å². The highest BCUT2D eigenvalue weighted by atomic mass is 16.5. The summed E-state index contributed by atoms with van der Waals surface area (Å²) in [5.74, 6) is 2.65. The van der Waals surface area contributed by atoms with Crippen LogP contribution in [0, 0.1) is 5.92 Å². The zero-order chi connectivity index (χ0) is 20.8. The van der Waals surface area contributed by atoms with Crippen LogP contribution in [-0.2, 0) is 4.74 Å². The molecule has 1 aliphatic carbocycles. The van der Waals surface area contributed by atoms with Gasteiger partial charge < -0.3 is 25.0 Å². The van der Waals surface area contributed by atoms with Gasteiger partial charge in [0.05, 0.1) is 12.6 Å². The fourth-order valence-corrected chi connectivity index (χ4v) is 5.31. The summed E-state index contributed by atoms with van der Waals surface area (Å²) in [5.41, 5.74) is 1.25. The number of hydrogen-bond acceptors (Lipinski definition) is 4. The quantitative estimate of drug-likeness (QED) is 0.552. The third kappa shape index (κ3) is 5.09. The molecule has 1 spiro atoms. The van der Waals surface area contributed by atoms with Crippen LogP contribution in [0.1, 0.15) is 56.6 Å². The van der Waals surface area contributed by atoms with Crippen molar-refractivity contribution >= 4 is 5.96 Å². The molecule has 2 fully saturated rings. The number of para-hydroxylation sites is 1. The molecule has 0 aromatic heterocycles. The van der Waals surface area contributed by atoms with Crippen molar-refractivity contribution in [2.45, 2.75) is 56.6 Å². The molecule has 1 aromatic rings. The van der Waals surface area contributed by atoms with Crippen molar-refractivity contribution in [3.8, 4) is 5.75 Å². The van der Waals surface area contributed by atoms with Crippen LogP contribution in [0.3, 0.4) is 0 Å². The molecule has 2 N–H and O–H groups in total. The maximum absolute atomic E-state index is 6.51. The molecule has 0 bridgehead atoms. The molecule has 1 aromatic carbocycles. The Balaban J connectivity index is 1.32. The lowest BCUT2D eigenvalue weighted by Gasteiger charge is -2.40. The van der Waals surface area contributed by atoms with E-state index in [1.54, 1.807) is 7.11 Å². The first-order chi connectivity index (χ1) is 14.7. The van der Waals surface area contributed by atoms with Gasteiger partial charge in [-0.25, -0.2) is 0 Å². The molecule has 4 rings (SSSR count). The van der Waals surface area contributed by atoms with Gasteiger partial charge >= 0.3 is 0 Å². The number of aliphatic imine (C=N–C) groups is 1. The molecule has 0 radical (unpaired) electrons. The normalized spacial score (nSPS) is 24.5. The topological polar surface area (TPSA) is 58.1 Å². The van der Waals surface area contributed by atoms with Crippen molar-refractivity contribution < 1.29 is 9.47 Å². The lowest BCUT2D eigenvalue weighted by atomic mass is 9.86. The lowest BCUT2D eigenvalue weighted by Crippen LogP contribution is -2.48. The van der Waals surface area contributed by atoms with Crippen LogP contribution in [0.2, 0.25) is 0 Å². The SMILES string of the molecule is CN=C(NCC1CCN(CCOC)CC1)NC1CC2(CCCC2)Oc2ccccc21. The van der Waals surface area contributed by atoms with E-state index < -0.39 is 0 Å². The van der Waals surface area contributed by atoms with Crippen LogP contribution in [-0.4, -0.2) is 63.4 Å². The van der Waals surface area contributed by atoms with Crippen molar-refractivity contribution in [3.05, 3.63) is 29.8 Å². The number of benzene rings is 1. The van der Waals surface area contributed by atoms with E-state index in [9.17, 15) is 0 Å². The predicted octanol–water partition coefficient (Wildman–Crippen LogP) is 3.35. The molecular weight excluding hydrogens is 376 g/mol. The standard InChI is InChI=1S/C24H38N4O2/c1-25-23(26-18-19-9-13-28(14-10-19)15-16-29-2)27-21-17-24(11-5-6-12-24)30-22-8-4-3-7-20(21)22/h3-4,7-8,19,21H,5-6,9-18H2,1-2H3,(H2,25,26,27). The Morgan fingerprint density at radius 2 is 2.00 bits per heavy atom. The van der Waals surface area contributed by atoms with Crippen LogP contribution in [0.4, 0.5) is 0 Å². The van der Waals surface area contributed by atoms with Gasteiger partial charge in [-0.2, -0.15) is 0 Å². The second kappa shape index (κ2) is 10.0. The largest absolute Gasteiger partial charge is 0.487 e. The molecule has 30 heavy (non-hydrogen) atoms. The molecule has 2 aliphatic heterocycles. The predicted molar refractivity (Wildman–Crippen MR) is 121 cm³/mol. The summed E-state index contributed by atoms with van der Waals surface area (Å²) in [4.78, 5) is 7.04. The summed E-state index contributed by atoms with van der Waals surface area (Å²) >= 11 is 0. The van der Waals surface area contributed by atoms with Gasteiger partial charge in [0.15, 0.2) is 5.96 Å². The van der Waals surface area contributed by atoms with E-state index in [4.69, 9.17) is 9.47 Å². The fourth-order valence-electron chi connectivity index (χ4n) is 5.31. The number of nitrogens with zero attached hydrogens (tertiary/aromatic N) is 2. The van der Waals surface area contributed by atoms with Crippen molar-refractivity contribution in [1.29, 1.82) is 0 Å². The van der Waals surface area contributed by atoms with E-state index in [0.717, 1.165) is 63.8 Å². The Hall–Kier alpha value is -1.79. The Labute approximate surface area is 181 Å². The van der Waals surface area contributed by atoms with Gasteiger partial charge in [0.2, 0.25) is 0 Å². The number of rotatable bonds is 6. The first kappa shape index (κ1) is 21.4. The minimum absolute atomic E-state index is 0.0000959. The summed E-state index contributed by atoms with van der Waals surface area (Å²) in [7, 11) is 3.65. The number of fused-ring (bicyclic) bond motifs is 1. The number of likely N-dealkylation sites (tertiary alicyclic amines) is 1. The molecular formula is C24H38N4O2. The van der Waals surface area contributed by atoms with Gasteiger partial charge in [-0.15, -0.1) is 0 Å². The lowest BCUT2D eigenvalue weighted by molar-refractivity contribution is 0.0395. The van der Waals surface area contributed by atoms with E-state index in [-0.39, 0.29) is 11.6 Å². The summed E-state index contributed by atoms with van der Waals surface area (Å²) < 4.78 is 11.7. The smallest absolute Gasteiger partial charge is 0.191 e. The summed E-state index contributed by atoms with van der Waals surface area (Å²) in [6, 6.07) is 8.75. The summed E-state index contributed by atoms with van der Waals surface area (Å²) in [6.45, 7) is 5.18. The minimum atomic E-state index is -0.0000959. The molecule has 1 unspecified atom stereocenters. The van der Waals surface area contributed by atoms with Gasteiger partial charge in [-0.3, -0.25) is 4.99 Å². The highest BCUT2D eigenvalue weighted by Crippen LogP contribution is 2.46. The molecule has 1 saturated carbocycles. The molecule has 2 heterocycles. The van der Waals surface area contributed by atoms with E-state index >= 15 is 0 Å². The summed E-state index contributed by atoms with van der Waals surface area (Å²) in [6.07, 6.45) is 8.34. The average molecular weight is 415 g/mol. The second-order valence-electron chi connectivity index (χ2n) is 9.16. The van der Waals surface area contributed by atoms with Crippen LogP contribution >= 0.6 is 0 Å². The molecule has 1 saturated heterocycles. The molecule has 6 heteroatoms. The van der Waals surface area contributed by atoms with Gasteiger partial charge in [-0.1, -0.05) is 18.2 Å². The molecule has 6 nitrogen and oxygen atoms in total. The van der Waals surface area contributed by atoms with Gasteiger partial charge in [-0.05, 0) is 63.6 Å². The van der Waals surface area contributed by atoms with Gasteiger partial charge in [0, 0.05) is 39.2 Å². The van der Waals surface area contributed by atoms with Crippen LogP contribution in [0.15, 0.2) is 29.3 Å². The Bertz CT molecular complexity index is 709. The Kier molecular flexibility index (Phi) is 7.16. The molecule has 166 valence electrons. The minimum Gasteiger partial charge on any atom is -0.487 e.